The summed E-state index contributed by atoms with van der Waals surface area (Å²) in [6.45, 7) is 2.29. The first-order chi connectivity index (χ1) is 9.14. The minimum absolute atomic E-state index is 0.0868. The molecule has 0 unspecified atom stereocenters. The van der Waals surface area contributed by atoms with E-state index in [0.717, 1.165) is 16.8 Å². The number of hydrogen-bond donors (Lipinski definition) is 1. The van der Waals surface area contributed by atoms with Crippen LogP contribution in [0.2, 0.25) is 0 Å². The maximum absolute atomic E-state index is 6.17. The first-order valence-corrected chi connectivity index (χ1v) is 6.96. The molecule has 4 heteroatoms. The highest BCUT2D eigenvalue weighted by Gasteiger charge is 2.31. The molecule has 102 valence electrons. The summed E-state index contributed by atoms with van der Waals surface area (Å²) in [7, 11) is 1.69. The molecule has 1 aromatic heterocycles. The number of benzene rings is 1. The lowest BCUT2D eigenvalue weighted by Crippen LogP contribution is -2.33. The van der Waals surface area contributed by atoms with Gasteiger partial charge in [-0.2, -0.15) is 0 Å². The maximum Gasteiger partial charge on any atom is 0.201 e. The van der Waals surface area contributed by atoms with Gasteiger partial charge in [0, 0.05) is 11.6 Å². The SMILES string of the molecule is COc1ccc2nc(N)n(C3(C)CCCCC3)c2c1. The second kappa shape index (κ2) is 4.44. The van der Waals surface area contributed by atoms with E-state index in [1.54, 1.807) is 7.11 Å². The van der Waals surface area contributed by atoms with Gasteiger partial charge in [-0.25, -0.2) is 4.98 Å². The van der Waals surface area contributed by atoms with Crippen LogP contribution in [0.4, 0.5) is 5.95 Å². The molecule has 3 rings (SSSR count). The van der Waals surface area contributed by atoms with Crippen molar-refractivity contribution in [2.45, 2.75) is 44.6 Å². The first kappa shape index (κ1) is 12.3. The van der Waals surface area contributed by atoms with Crippen LogP contribution < -0.4 is 10.5 Å². The number of aromatic nitrogens is 2. The average Bonchev–Trinajstić information content (AvgIpc) is 2.74. The standard InChI is InChI=1S/C15H21N3O/c1-15(8-4-3-5-9-15)18-13-10-11(19-2)6-7-12(13)17-14(18)16/h6-7,10H,3-5,8-9H2,1-2H3,(H2,16,17). The quantitative estimate of drug-likeness (QED) is 0.900. The number of ether oxygens (including phenoxy) is 1. The number of imidazole rings is 1. The van der Waals surface area contributed by atoms with Gasteiger partial charge in [-0.1, -0.05) is 19.3 Å². The van der Waals surface area contributed by atoms with Gasteiger partial charge in [-0.05, 0) is 31.9 Å². The van der Waals surface area contributed by atoms with Crippen molar-refractivity contribution in [1.82, 2.24) is 9.55 Å². The van der Waals surface area contributed by atoms with Crippen LogP contribution in [0.15, 0.2) is 18.2 Å². The number of methoxy groups -OCH3 is 1. The van der Waals surface area contributed by atoms with E-state index >= 15 is 0 Å². The van der Waals surface area contributed by atoms with Gasteiger partial charge in [0.2, 0.25) is 5.95 Å². The van der Waals surface area contributed by atoms with Crippen molar-refractivity contribution in [1.29, 1.82) is 0 Å². The molecule has 1 aliphatic carbocycles. The van der Waals surface area contributed by atoms with E-state index in [4.69, 9.17) is 10.5 Å². The Bertz CT molecular complexity index is 597. The lowest BCUT2D eigenvalue weighted by atomic mass is 9.83. The van der Waals surface area contributed by atoms with Crippen LogP contribution in [0.1, 0.15) is 39.0 Å². The fourth-order valence-corrected chi connectivity index (χ4v) is 3.31. The summed E-state index contributed by atoms with van der Waals surface area (Å²) in [5.74, 6) is 1.47. The van der Waals surface area contributed by atoms with Crippen LogP contribution in [-0.2, 0) is 5.54 Å². The maximum atomic E-state index is 6.17. The molecule has 1 heterocycles. The third-order valence-electron chi connectivity index (χ3n) is 4.36. The molecule has 4 nitrogen and oxygen atoms in total. The van der Waals surface area contributed by atoms with Crippen LogP contribution in [0.25, 0.3) is 11.0 Å². The van der Waals surface area contributed by atoms with E-state index in [0.29, 0.717) is 5.95 Å². The Morgan fingerprint density at radius 1 is 1.26 bits per heavy atom. The number of nitrogens with two attached hydrogens (primary N) is 1. The largest absolute Gasteiger partial charge is 0.497 e. The Morgan fingerprint density at radius 2 is 2.00 bits per heavy atom. The molecule has 2 aromatic rings. The summed E-state index contributed by atoms with van der Waals surface area (Å²) in [6, 6.07) is 5.95. The van der Waals surface area contributed by atoms with Crippen molar-refractivity contribution in [3.8, 4) is 5.75 Å². The minimum atomic E-state index is 0.0868. The summed E-state index contributed by atoms with van der Waals surface area (Å²) >= 11 is 0. The minimum Gasteiger partial charge on any atom is -0.497 e. The zero-order chi connectivity index (χ0) is 13.5. The smallest absolute Gasteiger partial charge is 0.201 e. The monoisotopic (exact) mass is 259 g/mol. The summed E-state index contributed by atoms with van der Waals surface area (Å²) in [5.41, 5.74) is 8.29. The van der Waals surface area contributed by atoms with E-state index in [1.165, 1.54) is 32.1 Å². The Kier molecular flexibility index (Phi) is 2.88. The van der Waals surface area contributed by atoms with Crippen molar-refractivity contribution in [2.24, 2.45) is 0 Å². The molecule has 1 fully saturated rings. The Hall–Kier alpha value is -1.71. The molecule has 19 heavy (non-hydrogen) atoms. The molecular formula is C15H21N3O. The van der Waals surface area contributed by atoms with E-state index in [9.17, 15) is 0 Å². The van der Waals surface area contributed by atoms with E-state index in [2.05, 4.69) is 16.5 Å². The predicted molar refractivity (Wildman–Crippen MR) is 77.4 cm³/mol. The Balaban J connectivity index is 2.18. The molecular weight excluding hydrogens is 238 g/mol. The normalized spacial score (nSPS) is 18.6. The molecule has 0 atom stereocenters. The van der Waals surface area contributed by atoms with E-state index < -0.39 is 0 Å². The number of anilines is 1. The Morgan fingerprint density at radius 3 is 2.68 bits per heavy atom. The van der Waals surface area contributed by atoms with E-state index in [1.807, 2.05) is 18.2 Å². The molecule has 1 aliphatic rings. The third kappa shape index (κ3) is 1.95. The number of nitrogens with zero attached hydrogens (tertiary/aromatic N) is 2. The molecule has 1 saturated carbocycles. The van der Waals surface area contributed by atoms with Gasteiger partial charge in [0.25, 0.3) is 0 Å². The van der Waals surface area contributed by atoms with Gasteiger partial charge in [-0.15, -0.1) is 0 Å². The van der Waals surface area contributed by atoms with Crippen LogP contribution >= 0.6 is 0 Å². The Labute approximate surface area is 113 Å². The fraction of sp³-hybridized carbons (Fsp3) is 0.533. The van der Waals surface area contributed by atoms with Gasteiger partial charge in [0.15, 0.2) is 0 Å². The number of fused-ring (bicyclic) bond motifs is 1. The van der Waals surface area contributed by atoms with Crippen LogP contribution in [0, 0.1) is 0 Å². The lowest BCUT2D eigenvalue weighted by molar-refractivity contribution is 0.228. The van der Waals surface area contributed by atoms with Crippen molar-refractivity contribution in [3.63, 3.8) is 0 Å². The number of nitrogen functional groups attached to an aromatic ring is 1. The molecule has 0 bridgehead atoms. The number of hydrogen-bond acceptors (Lipinski definition) is 3. The average molecular weight is 259 g/mol. The second-order valence-electron chi connectivity index (χ2n) is 5.72. The van der Waals surface area contributed by atoms with Crippen LogP contribution in [-0.4, -0.2) is 16.7 Å². The first-order valence-electron chi connectivity index (χ1n) is 6.96. The molecule has 1 aromatic carbocycles. The lowest BCUT2D eigenvalue weighted by Gasteiger charge is -2.36. The van der Waals surface area contributed by atoms with Gasteiger partial charge in [0.05, 0.1) is 18.1 Å². The van der Waals surface area contributed by atoms with Gasteiger partial charge in [-0.3, -0.25) is 0 Å². The zero-order valence-corrected chi connectivity index (χ0v) is 11.6. The molecule has 0 amide bonds. The third-order valence-corrected chi connectivity index (χ3v) is 4.36. The van der Waals surface area contributed by atoms with Crippen molar-refractivity contribution in [3.05, 3.63) is 18.2 Å². The van der Waals surface area contributed by atoms with E-state index in [-0.39, 0.29) is 5.54 Å². The van der Waals surface area contributed by atoms with Crippen molar-refractivity contribution < 1.29 is 4.74 Å². The van der Waals surface area contributed by atoms with Crippen LogP contribution in [0.5, 0.6) is 5.75 Å². The zero-order valence-electron chi connectivity index (χ0n) is 11.6. The summed E-state index contributed by atoms with van der Waals surface area (Å²) < 4.78 is 7.54. The predicted octanol–water partition coefficient (Wildman–Crippen LogP) is 3.31. The van der Waals surface area contributed by atoms with Crippen LogP contribution in [0.3, 0.4) is 0 Å². The van der Waals surface area contributed by atoms with Gasteiger partial charge < -0.3 is 15.0 Å². The molecule has 0 saturated heterocycles. The van der Waals surface area contributed by atoms with Crippen molar-refractivity contribution in [2.75, 3.05) is 12.8 Å². The molecule has 2 N–H and O–H groups in total. The summed E-state index contributed by atoms with van der Waals surface area (Å²) in [6.07, 6.45) is 6.18. The summed E-state index contributed by atoms with van der Waals surface area (Å²) in [4.78, 5) is 4.49. The molecule has 0 spiro atoms. The number of rotatable bonds is 2. The highest BCUT2D eigenvalue weighted by molar-refractivity contribution is 5.80. The molecule has 0 aliphatic heterocycles. The highest BCUT2D eigenvalue weighted by Crippen LogP contribution is 2.39. The molecule has 0 radical (unpaired) electrons. The van der Waals surface area contributed by atoms with Crippen molar-refractivity contribution >= 4 is 17.0 Å². The second-order valence-corrected chi connectivity index (χ2v) is 5.72. The summed E-state index contributed by atoms with van der Waals surface area (Å²) in [5, 5.41) is 0. The topological polar surface area (TPSA) is 53.1 Å². The van der Waals surface area contributed by atoms with Gasteiger partial charge in [0.1, 0.15) is 5.75 Å². The fourth-order valence-electron chi connectivity index (χ4n) is 3.31. The highest BCUT2D eigenvalue weighted by atomic mass is 16.5. The van der Waals surface area contributed by atoms with Gasteiger partial charge >= 0.3 is 0 Å².